The van der Waals surface area contributed by atoms with Crippen molar-refractivity contribution >= 4 is 39.4 Å². The van der Waals surface area contributed by atoms with E-state index >= 15 is 0 Å². The maximum absolute atomic E-state index is 13.1. The molecule has 0 radical (unpaired) electrons. The van der Waals surface area contributed by atoms with Crippen molar-refractivity contribution in [2.75, 3.05) is 45.6 Å². The van der Waals surface area contributed by atoms with Gasteiger partial charge in [0.2, 0.25) is 11.9 Å². The monoisotopic (exact) mass is 554 g/mol. The van der Waals surface area contributed by atoms with Crippen LogP contribution in [0.15, 0.2) is 34.9 Å². The van der Waals surface area contributed by atoms with Gasteiger partial charge in [-0.05, 0) is 85.3 Å². The molecule has 1 aliphatic heterocycles. The minimum Gasteiger partial charge on any atom is -0.343 e. The van der Waals surface area contributed by atoms with Gasteiger partial charge in [-0.25, -0.2) is 9.97 Å². The summed E-state index contributed by atoms with van der Waals surface area (Å²) < 4.78 is 0.870. The molecule has 192 valence electrons. The minimum atomic E-state index is 0.0739. The Balaban J connectivity index is 1.22. The molecule has 5 rings (SSSR count). The molecule has 36 heavy (non-hydrogen) atoms. The number of halogens is 1. The number of carbonyl (C=O) groups excluding carboxylic acids is 2. The lowest BCUT2D eigenvalue weighted by Crippen LogP contribution is -2.47. The molecule has 0 spiro atoms. The standard InChI is InChI=1S/C27H35BrN6O2/c1-32-12-14-34(15-13-32)25(35)18-6-8-20(9-7-18)30-27-29-17-23(28)24(31-27)16-19-4-3-5-22(19)26(36)33(2)21-10-11-21/h6-9,17,19,21-22H,3-5,10-16H2,1-2H3,(H,29,30,31)/t19-,22-/m0/s1. The molecule has 8 nitrogen and oxygen atoms in total. The van der Waals surface area contributed by atoms with Gasteiger partial charge >= 0.3 is 0 Å². The zero-order valence-electron chi connectivity index (χ0n) is 21.1. The number of nitrogens with zero attached hydrogens (tertiary/aromatic N) is 5. The molecule has 2 aliphatic carbocycles. The molecule has 1 saturated heterocycles. The van der Waals surface area contributed by atoms with E-state index in [4.69, 9.17) is 4.98 Å². The second-order valence-corrected chi connectivity index (χ2v) is 11.3. The van der Waals surface area contributed by atoms with Gasteiger partial charge < -0.3 is 20.0 Å². The first-order valence-corrected chi connectivity index (χ1v) is 13.8. The van der Waals surface area contributed by atoms with Crippen molar-refractivity contribution in [1.82, 2.24) is 24.7 Å². The molecule has 1 aromatic carbocycles. The quantitative estimate of drug-likeness (QED) is 0.558. The second kappa shape index (κ2) is 10.8. The van der Waals surface area contributed by atoms with Crippen LogP contribution in [0.5, 0.6) is 0 Å². The third-order valence-electron chi connectivity index (χ3n) is 7.87. The number of piperazine rings is 1. The van der Waals surface area contributed by atoms with Gasteiger partial charge in [-0.15, -0.1) is 0 Å². The molecule has 9 heteroatoms. The largest absolute Gasteiger partial charge is 0.343 e. The summed E-state index contributed by atoms with van der Waals surface area (Å²) in [7, 11) is 4.04. The summed E-state index contributed by atoms with van der Waals surface area (Å²) in [6, 6.07) is 7.95. The van der Waals surface area contributed by atoms with Gasteiger partial charge in [-0.3, -0.25) is 9.59 Å². The molecule has 3 aliphatic rings. The molecule has 2 atom stereocenters. The first-order chi connectivity index (χ1) is 17.4. The van der Waals surface area contributed by atoms with E-state index in [1.807, 2.05) is 41.1 Å². The summed E-state index contributed by atoms with van der Waals surface area (Å²) in [6.45, 7) is 3.33. The fraction of sp³-hybridized carbons (Fsp3) is 0.556. The SMILES string of the molecule is CN1CCN(C(=O)c2ccc(Nc3ncc(Br)c(C[C@@H]4CCC[C@@H]4C(=O)N(C)C4CC4)n3)cc2)CC1. The average Bonchev–Trinajstić information content (AvgIpc) is 3.64. The fourth-order valence-electron chi connectivity index (χ4n) is 5.38. The molecule has 2 amide bonds. The number of likely N-dealkylation sites (N-methyl/N-ethyl adjacent to an activating group) is 1. The molecule has 1 N–H and O–H groups in total. The lowest BCUT2D eigenvalue weighted by molar-refractivity contribution is -0.135. The van der Waals surface area contributed by atoms with Crippen LogP contribution in [-0.4, -0.2) is 82.8 Å². The highest BCUT2D eigenvalue weighted by atomic mass is 79.9. The van der Waals surface area contributed by atoms with E-state index in [-0.39, 0.29) is 11.8 Å². The van der Waals surface area contributed by atoms with Crippen molar-refractivity contribution in [2.24, 2.45) is 11.8 Å². The Morgan fingerprint density at radius 1 is 1.08 bits per heavy atom. The van der Waals surface area contributed by atoms with E-state index in [0.29, 0.717) is 29.4 Å². The van der Waals surface area contributed by atoms with E-state index in [0.717, 1.165) is 80.6 Å². The predicted molar refractivity (Wildman–Crippen MR) is 143 cm³/mol. The number of nitrogens with one attached hydrogen (secondary N) is 1. The van der Waals surface area contributed by atoms with Crippen molar-refractivity contribution in [1.29, 1.82) is 0 Å². The number of benzene rings is 1. The summed E-state index contributed by atoms with van der Waals surface area (Å²) in [4.78, 5) is 41.2. The van der Waals surface area contributed by atoms with Crippen LogP contribution in [0, 0.1) is 11.8 Å². The molecule has 0 unspecified atom stereocenters. The first-order valence-electron chi connectivity index (χ1n) is 13.0. The minimum absolute atomic E-state index is 0.0739. The third-order valence-corrected chi connectivity index (χ3v) is 8.53. The van der Waals surface area contributed by atoms with Crippen LogP contribution in [0.1, 0.15) is 48.2 Å². The van der Waals surface area contributed by atoms with Crippen LogP contribution >= 0.6 is 15.9 Å². The van der Waals surface area contributed by atoms with E-state index in [1.54, 1.807) is 6.20 Å². The Morgan fingerprint density at radius 2 is 1.81 bits per heavy atom. The van der Waals surface area contributed by atoms with E-state index in [2.05, 4.69) is 38.2 Å². The van der Waals surface area contributed by atoms with Crippen molar-refractivity contribution in [3.8, 4) is 0 Å². The number of carbonyl (C=O) groups is 2. The second-order valence-electron chi connectivity index (χ2n) is 10.5. The van der Waals surface area contributed by atoms with Gasteiger partial charge in [0.15, 0.2) is 0 Å². The van der Waals surface area contributed by atoms with Crippen LogP contribution in [0.4, 0.5) is 11.6 Å². The fourth-order valence-corrected chi connectivity index (χ4v) is 5.73. The van der Waals surface area contributed by atoms with Gasteiger partial charge in [0.1, 0.15) is 0 Å². The van der Waals surface area contributed by atoms with Gasteiger partial charge in [0.25, 0.3) is 5.91 Å². The Labute approximate surface area is 221 Å². The molecule has 0 bridgehead atoms. The van der Waals surface area contributed by atoms with Gasteiger partial charge in [0.05, 0.1) is 10.2 Å². The lowest BCUT2D eigenvalue weighted by Gasteiger charge is -2.32. The maximum Gasteiger partial charge on any atom is 0.253 e. The van der Waals surface area contributed by atoms with Crippen LogP contribution in [0.2, 0.25) is 0 Å². The van der Waals surface area contributed by atoms with Crippen LogP contribution in [0.25, 0.3) is 0 Å². The molecule has 1 aromatic heterocycles. The van der Waals surface area contributed by atoms with Crippen molar-refractivity contribution in [2.45, 2.75) is 44.6 Å². The van der Waals surface area contributed by atoms with E-state index in [9.17, 15) is 9.59 Å². The van der Waals surface area contributed by atoms with Crippen molar-refractivity contribution in [3.05, 3.63) is 46.2 Å². The number of anilines is 2. The summed E-state index contributed by atoms with van der Waals surface area (Å²) >= 11 is 3.62. The molecular weight excluding hydrogens is 520 g/mol. The van der Waals surface area contributed by atoms with E-state index in [1.165, 1.54) is 0 Å². The van der Waals surface area contributed by atoms with Crippen LogP contribution < -0.4 is 5.32 Å². The Morgan fingerprint density at radius 3 is 2.50 bits per heavy atom. The highest BCUT2D eigenvalue weighted by Gasteiger charge is 2.39. The molecular formula is C27H35BrN6O2. The molecule has 3 fully saturated rings. The molecule has 2 heterocycles. The van der Waals surface area contributed by atoms with Gasteiger partial charge in [0, 0.05) is 62.6 Å². The Hall–Kier alpha value is -2.52. The summed E-state index contributed by atoms with van der Waals surface area (Å²) in [6.07, 6.45) is 7.91. The smallest absolute Gasteiger partial charge is 0.253 e. The Bertz CT molecular complexity index is 1100. The zero-order chi connectivity index (χ0) is 25.2. The number of hydrogen-bond acceptors (Lipinski definition) is 6. The maximum atomic E-state index is 13.1. The normalized spacial score (nSPS) is 22.5. The van der Waals surface area contributed by atoms with Crippen molar-refractivity contribution in [3.63, 3.8) is 0 Å². The van der Waals surface area contributed by atoms with Gasteiger partial charge in [-0.2, -0.15) is 0 Å². The summed E-state index contributed by atoms with van der Waals surface area (Å²) in [5, 5.41) is 3.27. The summed E-state index contributed by atoms with van der Waals surface area (Å²) in [5.74, 6) is 1.28. The number of hydrogen-bond donors (Lipinski definition) is 1. The third kappa shape index (κ3) is 5.72. The highest BCUT2D eigenvalue weighted by Crippen LogP contribution is 2.38. The molecule has 2 aromatic rings. The van der Waals surface area contributed by atoms with Crippen molar-refractivity contribution < 1.29 is 9.59 Å². The zero-order valence-corrected chi connectivity index (χ0v) is 22.7. The molecule has 2 saturated carbocycles. The first kappa shape index (κ1) is 25.1. The Kier molecular flexibility index (Phi) is 7.57. The predicted octanol–water partition coefficient (Wildman–Crippen LogP) is 3.95. The van der Waals surface area contributed by atoms with Crippen LogP contribution in [-0.2, 0) is 11.2 Å². The van der Waals surface area contributed by atoms with Gasteiger partial charge in [-0.1, -0.05) is 6.42 Å². The number of amides is 2. The number of rotatable bonds is 7. The lowest BCUT2D eigenvalue weighted by atomic mass is 9.90. The summed E-state index contributed by atoms with van der Waals surface area (Å²) in [5.41, 5.74) is 2.45. The highest BCUT2D eigenvalue weighted by molar-refractivity contribution is 9.10. The van der Waals surface area contributed by atoms with Crippen LogP contribution in [0.3, 0.4) is 0 Å². The topological polar surface area (TPSA) is 81.7 Å². The number of aromatic nitrogens is 2. The average molecular weight is 556 g/mol. The van der Waals surface area contributed by atoms with E-state index < -0.39 is 0 Å².